The first-order chi connectivity index (χ1) is 12.5. The van der Waals surface area contributed by atoms with Crippen LogP contribution in [0.1, 0.15) is 0 Å². The number of aliphatic hydroxyl groups excluding tert-OH is 3. The minimum atomic E-state index is -1.76. The molecule has 0 aromatic heterocycles. The van der Waals surface area contributed by atoms with E-state index in [1.165, 1.54) is 0 Å². The van der Waals surface area contributed by atoms with Gasteiger partial charge in [0.15, 0.2) is 6.10 Å². The SMILES string of the molecule is O=C(O)[C@H]1O[C@@H](Oc2ccc(Oc3ccccc3)cc2)[C@H](O)[C@@H](O)[C@@H]1O. The molecule has 1 saturated heterocycles. The fraction of sp³-hybridized carbons (Fsp3) is 0.278. The first-order valence-corrected chi connectivity index (χ1v) is 7.88. The molecule has 138 valence electrons. The summed E-state index contributed by atoms with van der Waals surface area (Å²) in [6.45, 7) is 0. The Labute approximate surface area is 148 Å². The molecule has 2 aromatic rings. The highest BCUT2D eigenvalue weighted by Gasteiger charge is 2.48. The van der Waals surface area contributed by atoms with E-state index < -0.39 is 36.7 Å². The van der Waals surface area contributed by atoms with Gasteiger partial charge in [-0.15, -0.1) is 0 Å². The van der Waals surface area contributed by atoms with E-state index in [0.29, 0.717) is 11.5 Å². The van der Waals surface area contributed by atoms with Crippen molar-refractivity contribution in [3.63, 3.8) is 0 Å². The molecule has 1 aliphatic heterocycles. The minimum Gasteiger partial charge on any atom is -0.479 e. The Hall–Kier alpha value is -2.65. The first kappa shape index (κ1) is 18.2. The zero-order valence-electron chi connectivity index (χ0n) is 13.5. The second-order valence-corrected chi connectivity index (χ2v) is 5.74. The van der Waals surface area contributed by atoms with Gasteiger partial charge in [0.2, 0.25) is 6.29 Å². The van der Waals surface area contributed by atoms with Crippen LogP contribution < -0.4 is 9.47 Å². The third kappa shape index (κ3) is 3.94. The van der Waals surface area contributed by atoms with Crippen LogP contribution in [0.3, 0.4) is 0 Å². The topological polar surface area (TPSA) is 126 Å². The van der Waals surface area contributed by atoms with Crippen molar-refractivity contribution in [3.8, 4) is 17.2 Å². The van der Waals surface area contributed by atoms with Gasteiger partial charge in [0.1, 0.15) is 35.6 Å². The molecule has 0 unspecified atom stereocenters. The van der Waals surface area contributed by atoms with Crippen molar-refractivity contribution in [2.75, 3.05) is 0 Å². The van der Waals surface area contributed by atoms with Crippen LogP contribution in [0.2, 0.25) is 0 Å². The standard InChI is InChI=1S/C18H18O8/c19-13-14(20)16(17(22)23)26-18(15(13)21)25-12-8-6-11(7-9-12)24-10-4-2-1-3-5-10/h1-9,13-16,18-21H,(H,22,23)/t13-,14-,15+,16-,18+/m0/s1. The van der Waals surface area contributed by atoms with E-state index in [0.717, 1.165) is 0 Å². The largest absolute Gasteiger partial charge is 0.479 e. The van der Waals surface area contributed by atoms with Gasteiger partial charge in [-0.3, -0.25) is 0 Å². The lowest BCUT2D eigenvalue weighted by atomic mass is 9.99. The Balaban J connectivity index is 1.67. The van der Waals surface area contributed by atoms with E-state index in [9.17, 15) is 20.1 Å². The maximum atomic E-state index is 11.1. The molecule has 0 radical (unpaired) electrons. The lowest BCUT2D eigenvalue weighted by Gasteiger charge is -2.38. The van der Waals surface area contributed by atoms with Gasteiger partial charge >= 0.3 is 5.97 Å². The van der Waals surface area contributed by atoms with Crippen molar-refractivity contribution in [1.29, 1.82) is 0 Å². The Morgan fingerprint density at radius 1 is 0.808 bits per heavy atom. The van der Waals surface area contributed by atoms with E-state index in [2.05, 4.69) is 0 Å². The number of hydrogen-bond acceptors (Lipinski definition) is 7. The Kier molecular flexibility index (Phi) is 5.38. The second-order valence-electron chi connectivity index (χ2n) is 5.74. The molecule has 8 nitrogen and oxygen atoms in total. The average molecular weight is 362 g/mol. The van der Waals surface area contributed by atoms with Crippen LogP contribution in [0.5, 0.6) is 17.2 Å². The van der Waals surface area contributed by atoms with Gasteiger partial charge in [0.05, 0.1) is 0 Å². The third-order valence-electron chi connectivity index (χ3n) is 3.87. The molecular formula is C18H18O8. The summed E-state index contributed by atoms with van der Waals surface area (Å²) in [6.07, 6.45) is -8.24. The van der Waals surface area contributed by atoms with Crippen molar-refractivity contribution in [3.05, 3.63) is 54.6 Å². The zero-order valence-corrected chi connectivity index (χ0v) is 13.5. The molecule has 4 N–H and O–H groups in total. The van der Waals surface area contributed by atoms with Crippen LogP contribution in [-0.2, 0) is 9.53 Å². The normalized spacial score (nSPS) is 28.3. The Morgan fingerprint density at radius 2 is 1.38 bits per heavy atom. The summed E-state index contributed by atoms with van der Waals surface area (Å²) in [6, 6.07) is 15.5. The van der Waals surface area contributed by atoms with Crippen molar-refractivity contribution < 1.29 is 39.4 Å². The highest BCUT2D eigenvalue weighted by molar-refractivity contribution is 5.73. The molecule has 26 heavy (non-hydrogen) atoms. The second kappa shape index (κ2) is 7.71. The van der Waals surface area contributed by atoms with Crippen LogP contribution in [0, 0.1) is 0 Å². The molecular weight excluding hydrogens is 344 g/mol. The summed E-state index contributed by atoms with van der Waals surface area (Å²) in [5, 5.41) is 38.4. The quantitative estimate of drug-likeness (QED) is 0.614. The maximum absolute atomic E-state index is 11.1. The van der Waals surface area contributed by atoms with Gasteiger partial charge in [0.25, 0.3) is 0 Å². The summed E-state index contributed by atoms with van der Waals surface area (Å²) in [4.78, 5) is 11.1. The molecule has 0 bridgehead atoms. The summed E-state index contributed by atoms with van der Waals surface area (Å²) >= 11 is 0. The zero-order chi connectivity index (χ0) is 18.7. The smallest absolute Gasteiger partial charge is 0.335 e. The number of carbonyl (C=O) groups is 1. The highest BCUT2D eigenvalue weighted by Crippen LogP contribution is 2.27. The monoisotopic (exact) mass is 362 g/mol. The lowest BCUT2D eigenvalue weighted by molar-refractivity contribution is -0.271. The Bertz CT molecular complexity index is 733. The van der Waals surface area contributed by atoms with Crippen molar-refractivity contribution in [1.82, 2.24) is 0 Å². The minimum absolute atomic E-state index is 0.266. The number of rotatable bonds is 5. The molecule has 2 aromatic carbocycles. The molecule has 1 aliphatic rings. The van der Waals surface area contributed by atoms with E-state index >= 15 is 0 Å². The molecule has 8 heteroatoms. The number of aliphatic hydroxyl groups is 3. The van der Waals surface area contributed by atoms with Crippen molar-refractivity contribution in [2.24, 2.45) is 0 Å². The molecule has 0 amide bonds. The first-order valence-electron chi connectivity index (χ1n) is 7.88. The number of aliphatic carboxylic acids is 1. The summed E-state index contributed by atoms with van der Waals surface area (Å²) in [5.74, 6) is 0.00648. The predicted molar refractivity (Wildman–Crippen MR) is 87.9 cm³/mol. The van der Waals surface area contributed by atoms with Gasteiger partial charge < -0.3 is 34.6 Å². The molecule has 5 atom stereocenters. The van der Waals surface area contributed by atoms with E-state index in [-0.39, 0.29) is 5.75 Å². The number of carboxylic acid groups (broad SMARTS) is 1. The molecule has 0 saturated carbocycles. The molecule has 1 fully saturated rings. The van der Waals surface area contributed by atoms with E-state index in [4.69, 9.17) is 19.3 Å². The van der Waals surface area contributed by atoms with Crippen LogP contribution in [0.4, 0.5) is 0 Å². The summed E-state index contributed by atoms with van der Waals surface area (Å²) in [5.41, 5.74) is 0. The van der Waals surface area contributed by atoms with Gasteiger partial charge in [0, 0.05) is 0 Å². The predicted octanol–water partition coefficient (Wildman–Crippen LogP) is 0.750. The number of benzene rings is 2. The lowest BCUT2D eigenvalue weighted by Crippen LogP contribution is -2.61. The Morgan fingerprint density at radius 3 is 2.00 bits per heavy atom. The van der Waals surface area contributed by atoms with Crippen molar-refractivity contribution >= 4 is 5.97 Å². The average Bonchev–Trinajstić information content (AvgIpc) is 2.64. The number of hydrogen-bond donors (Lipinski definition) is 4. The summed E-state index contributed by atoms with van der Waals surface area (Å²) in [7, 11) is 0. The highest BCUT2D eigenvalue weighted by atomic mass is 16.7. The van der Waals surface area contributed by atoms with Crippen molar-refractivity contribution in [2.45, 2.75) is 30.7 Å². The molecule has 3 rings (SSSR count). The number of ether oxygens (including phenoxy) is 3. The van der Waals surface area contributed by atoms with Gasteiger partial charge in [-0.1, -0.05) is 18.2 Å². The third-order valence-corrected chi connectivity index (χ3v) is 3.87. The van der Waals surface area contributed by atoms with Crippen LogP contribution in [-0.4, -0.2) is 57.1 Å². The fourth-order valence-corrected chi connectivity index (χ4v) is 2.49. The van der Waals surface area contributed by atoms with E-state index in [1.807, 2.05) is 18.2 Å². The van der Waals surface area contributed by atoms with Crippen LogP contribution in [0.25, 0.3) is 0 Å². The molecule has 0 aliphatic carbocycles. The van der Waals surface area contributed by atoms with E-state index in [1.54, 1.807) is 36.4 Å². The van der Waals surface area contributed by atoms with Crippen LogP contribution >= 0.6 is 0 Å². The fourth-order valence-electron chi connectivity index (χ4n) is 2.49. The van der Waals surface area contributed by atoms with Gasteiger partial charge in [-0.25, -0.2) is 4.79 Å². The number of carboxylic acids is 1. The van der Waals surface area contributed by atoms with Crippen LogP contribution in [0.15, 0.2) is 54.6 Å². The van der Waals surface area contributed by atoms with Gasteiger partial charge in [-0.05, 0) is 36.4 Å². The number of para-hydroxylation sites is 1. The van der Waals surface area contributed by atoms with Gasteiger partial charge in [-0.2, -0.15) is 0 Å². The summed E-state index contributed by atoms with van der Waals surface area (Å²) < 4.78 is 16.1. The molecule has 0 spiro atoms. The molecule has 1 heterocycles. The maximum Gasteiger partial charge on any atom is 0.335 e.